The average Bonchev–Trinajstić information content (AvgIpc) is 3.84. The Kier molecular flexibility index (Phi) is 14.6. The van der Waals surface area contributed by atoms with Crippen LogP contribution in [-0.2, 0) is 39.8 Å². The maximum Gasteiger partial charge on any atom is 0.413 e. The Hall–Kier alpha value is -5.63. The van der Waals surface area contributed by atoms with Gasteiger partial charge in [0.15, 0.2) is 29.0 Å². The Morgan fingerprint density at radius 1 is 0.831 bits per heavy atom. The molecule has 0 bridgehead atoms. The normalized spacial score (nSPS) is 20.1. The molecule has 2 aromatic carbocycles. The Bertz CT molecular complexity index is 2330. The van der Waals surface area contributed by atoms with Crippen LogP contribution in [0.4, 0.5) is 20.2 Å². The number of imidazole rings is 1. The van der Waals surface area contributed by atoms with Gasteiger partial charge in [0, 0.05) is 26.2 Å². The highest BCUT2D eigenvalue weighted by Gasteiger charge is 2.56. The lowest BCUT2D eigenvalue weighted by Crippen LogP contribution is -2.47. The summed E-state index contributed by atoms with van der Waals surface area (Å²) in [5.41, 5.74) is -0.699. The van der Waals surface area contributed by atoms with E-state index in [1.54, 1.807) is 51.0 Å². The predicted molar refractivity (Wildman–Crippen MR) is 240 cm³/mol. The molecule has 65 heavy (non-hydrogen) atoms. The molecule has 0 spiro atoms. The first-order valence-corrected chi connectivity index (χ1v) is 21.9. The lowest BCUT2D eigenvalue weighted by Gasteiger charge is -2.31. The zero-order valence-corrected chi connectivity index (χ0v) is 39.2. The van der Waals surface area contributed by atoms with E-state index in [-0.39, 0.29) is 25.3 Å². The molecule has 2 saturated heterocycles. The van der Waals surface area contributed by atoms with E-state index in [0.29, 0.717) is 37.2 Å². The highest BCUT2D eigenvalue weighted by Crippen LogP contribution is 2.44. The van der Waals surface area contributed by atoms with Crippen molar-refractivity contribution in [2.75, 3.05) is 31.5 Å². The van der Waals surface area contributed by atoms with Crippen LogP contribution < -0.4 is 10.6 Å². The summed E-state index contributed by atoms with van der Waals surface area (Å²) < 4.78 is 38.1. The number of nitrogens with one attached hydrogen (secondary N) is 2. The van der Waals surface area contributed by atoms with Crippen LogP contribution in [0.5, 0.6) is 0 Å². The van der Waals surface area contributed by atoms with Gasteiger partial charge in [-0.1, -0.05) is 36.4 Å². The fraction of sp³-hybridized carbons (Fsp3) is 0.587. The summed E-state index contributed by atoms with van der Waals surface area (Å²) in [6.45, 7) is 20.9. The smallest absolute Gasteiger partial charge is 0.413 e. The maximum atomic E-state index is 13.7. The summed E-state index contributed by atoms with van der Waals surface area (Å²) in [6, 6.07) is 12.8. The number of alkyl carbamates (subject to hydrolysis) is 1. The number of benzene rings is 2. The third kappa shape index (κ3) is 13.5. The SMILES string of the molecule is CC(C)(C)OC(=O)Nc1ncnc2c1ncn2[C@@H]1O[C@H](CN(CCCN(Cc2ccc3ccccc3c2)C(=O)OC(C)(C)C)CCC(NC(=O)OC(C)(C)C)C(=O)O)[C@H]2OC(C)(C)O[C@H]21. The molecule has 2 aliphatic rings. The van der Waals surface area contributed by atoms with Crippen molar-refractivity contribution >= 4 is 52.0 Å². The van der Waals surface area contributed by atoms with Crippen LogP contribution in [0.1, 0.15) is 101 Å². The van der Waals surface area contributed by atoms with Crippen molar-refractivity contribution in [1.29, 1.82) is 0 Å². The Labute approximate surface area is 379 Å². The second kappa shape index (κ2) is 19.5. The third-order valence-electron chi connectivity index (χ3n) is 10.3. The van der Waals surface area contributed by atoms with Gasteiger partial charge in [-0.05, 0) is 118 Å². The summed E-state index contributed by atoms with van der Waals surface area (Å²) in [5, 5.41) is 17.5. The number of carboxylic acids is 1. The Morgan fingerprint density at radius 3 is 2.17 bits per heavy atom. The molecule has 19 nitrogen and oxygen atoms in total. The van der Waals surface area contributed by atoms with Crippen molar-refractivity contribution in [3.05, 3.63) is 60.7 Å². The largest absolute Gasteiger partial charge is 0.480 e. The van der Waals surface area contributed by atoms with Crippen molar-refractivity contribution < 1.29 is 52.7 Å². The molecular formula is C46H64N8O11. The van der Waals surface area contributed by atoms with E-state index in [9.17, 15) is 24.3 Å². The maximum absolute atomic E-state index is 13.7. The molecule has 3 amide bonds. The molecule has 4 aromatic rings. The molecule has 3 N–H and O–H groups in total. The number of carbonyl (C=O) groups excluding carboxylic acids is 3. The topological polar surface area (TPSA) is 218 Å². The second-order valence-electron chi connectivity index (χ2n) is 19.9. The number of rotatable bonds is 15. The van der Waals surface area contributed by atoms with Crippen molar-refractivity contribution in [2.45, 2.75) is 149 Å². The van der Waals surface area contributed by atoms with Gasteiger partial charge in [0.1, 0.15) is 47.5 Å². The van der Waals surface area contributed by atoms with E-state index < -0.39 is 77.4 Å². The van der Waals surface area contributed by atoms with Crippen LogP contribution in [0.2, 0.25) is 0 Å². The molecule has 0 aliphatic carbocycles. The fourth-order valence-electron chi connectivity index (χ4n) is 7.73. The molecular weight excluding hydrogens is 841 g/mol. The molecule has 2 aliphatic heterocycles. The molecule has 4 heterocycles. The van der Waals surface area contributed by atoms with Crippen molar-refractivity contribution in [2.24, 2.45) is 0 Å². The van der Waals surface area contributed by atoms with Gasteiger partial charge in [-0.15, -0.1) is 0 Å². The van der Waals surface area contributed by atoms with Gasteiger partial charge < -0.3 is 48.6 Å². The molecule has 19 heteroatoms. The van der Waals surface area contributed by atoms with Gasteiger partial charge >= 0.3 is 24.2 Å². The van der Waals surface area contributed by atoms with Crippen LogP contribution in [0.15, 0.2) is 55.1 Å². The van der Waals surface area contributed by atoms with E-state index in [1.165, 1.54) is 12.7 Å². The molecule has 5 atom stereocenters. The number of hydrogen-bond acceptors (Lipinski definition) is 14. The minimum Gasteiger partial charge on any atom is -0.480 e. The van der Waals surface area contributed by atoms with Crippen LogP contribution in [0.3, 0.4) is 0 Å². The molecule has 1 unspecified atom stereocenters. The zero-order valence-electron chi connectivity index (χ0n) is 39.2. The van der Waals surface area contributed by atoms with Crippen LogP contribution >= 0.6 is 0 Å². The number of nitrogens with zero attached hydrogens (tertiary/aromatic N) is 6. The predicted octanol–water partition coefficient (Wildman–Crippen LogP) is 7.24. The van der Waals surface area contributed by atoms with Crippen LogP contribution in [-0.4, -0.2) is 132 Å². The van der Waals surface area contributed by atoms with Gasteiger partial charge in [-0.3, -0.25) is 9.88 Å². The summed E-state index contributed by atoms with van der Waals surface area (Å²) in [5.74, 6) is -2.06. The summed E-state index contributed by atoms with van der Waals surface area (Å²) >= 11 is 0. The molecule has 2 fully saturated rings. The van der Waals surface area contributed by atoms with E-state index >= 15 is 0 Å². The Balaban J connectivity index is 1.25. The molecule has 0 saturated carbocycles. The first-order chi connectivity index (χ1) is 30.3. The molecule has 0 radical (unpaired) electrons. The number of hydrogen-bond donors (Lipinski definition) is 3. The minimum absolute atomic E-state index is 0.0189. The monoisotopic (exact) mass is 904 g/mol. The molecule has 2 aromatic heterocycles. The van der Waals surface area contributed by atoms with Crippen LogP contribution in [0.25, 0.3) is 21.9 Å². The van der Waals surface area contributed by atoms with E-state index in [4.69, 9.17) is 28.4 Å². The number of amides is 3. The Morgan fingerprint density at radius 2 is 1.49 bits per heavy atom. The van der Waals surface area contributed by atoms with Gasteiger partial charge in [-0.2, -0.15) is 0 Å². The summed E-state index contributed by atoms with van der Waals surface area (Å²) in [4.78, 5) is 68.6. The summed E-state index contributed by atoms with van der Waals surface area (Å²) in [6.07, 6.45) is -1.30. The van der Waals surface area contributed by atoms with E-state index in [0.717, 1.165) is 16.3 Å². The van der Waals surface area contributed by atoms with Gasteiger partial charge in [0.2, 0.25) is 0 Å². The fourth-order valence-corrected chi connectivity index (χ4v) is 7.73. The lowest BCUT2D eigenvalue weighted by molar-refractivity contribution is -0.198. The standard InChI is InChI=1S/C46H64N8O11/c1-43(2,3)63-40(57)50-31(39(55)56)19-22-52(20-14-21-53(42(59)65-45(7,8)9)24-28-17-18-29-15-12-13-16-30(29)23-28)25-32-34-35(62-46(10,11)61-34)38(60-32)54-27-49-33-36(47-26-48-37(33)54)51-41(58)64-44(4,5)6/h12-13,15-18,23,26-27,31-32,34-35,38H,14,19-22,24-25H2,1-11H3,(H,50,57)(H,55,56)(H,47,48,51,58)/t31?,32-,34-,35-,38-/m1/s1. The van der Waals surface area contributed by atoms with Gasteiger partial charge in [0.05, 0.1) is 6.33 Å². The highest BCUT2D eigenvalue weighted by atomic mass is 16.8. The third-order valence-corrected chi connectivity index (χ3v) is 10.3. The van der Waals surface area contributed by atoms with Gasteiger partial charge in [0.25, 0.3) is 0 Å². The number of aliphatic carboxylic acids is 1. The lowest BCUT2D eigenvalue weighted by atomic mass is 10.1. The number of aromatic nitrogens is 4. The first-order valence-electron chi connectivity index (χ1n) is 21.9. The minimum atomic E-state index is -1.27. The average molecular weight is 905 g/mol. The number of fused-ring (bicyclic) bond motifs is 3. The van der Waals surface area contributed by atoms with Crippen molar-refractivity contribution in [1.82, 2.24) is 34.6 Å². The van der Waals surface area contributed by atoms with E-state index in [1.807, 2.05) is 75.9 Å². The van der Waals surface area contributed by atoms with Crippen LogP contribution in [0, 0.1) is 0 Å². The number of carboxylic acid groups (broad SMARTS) is 1. The number of ether oxygens (including phenoxy) is 6. The van der Waals surface area contributed by atoms with Crippen molar-refractivity contribution in [3.8, 4) is 0 Å². The summed E-state index contributed by atoms with van der Waals surface area (Å²) in [7, 11) is 0. The number of carbonyl (C=O) groups is 4. The van der Waals surface area contributed by atoms with Crippen molar-refractivity contribution in [3.63, 3.8) is 0 Å². The second-order valence-corrected chi connectivity index (χ2v) is 19.9. The molecule has 354 valence electrons. The zero-order chi connectivity index (χ0) is 47.5. The molecule has 6 rings (SSSR count). The number of anilines is 1. The first kappa shape index (κ1) is 48.8. The van der Waals surface area contributed by atoms with E-state index in [2.05, 4.69) is 31.7 Å². The highest BCUT2D eigenvalue weighted by molar-refractivity contribution is 5.93. The quantitative estimate of drug-likeness (QED) is 0.100. The van der Waals surface area contributed by atoms with Gasteiger partial charge in [-0.25, -0.2) is 34.1 Å².